The Balaban J connectivity index is 2.52. The van der Waals surface area contributed by atoms with Gasteiger partial charge >= 0.3 is 5.97 Å². The highest BCUT2D eigenvalue weighted by molar-refractivity contribution is 5.88. The van der Waals surface area contributed by atoms with Crippen LogP contribution in [-0.2, 0) is 11.2 Å². The minimum atomic E-state index is -0.312. The summed E-state index contributed by atoms with van der Waals surface area (Å²) in [6, 6.07) is 5.43. The number of hydrogen-bond acceptors (Lipinski definition) is 3. The average molecular weight is 218 g/mol. The quantitative estimate of drug-likeness (QED) is 0.741. The Labute approximate surface area is 93.9 Å². The van der Waals surface area contributed by atoms with Gasteiger partial charge in [-0.25, -0.2) is 9.78 Å². The van der Waals surface area contributed by atoms with E-state index in [-0.39, 0.29) is 5.97 Å². The van der Waals surface area contributed by atoms with Gasteiger partial charge in [0.25, 0.3) is 0 Å². The number of esters is 1. The van der Waals surface area contributed by atoms with Crippen LogP contribution >= 0.6 is 0 Å². The summed E-state index contributed by atoms with van der Waals surface area (Å²) < 4.78 is 6.77. The predicted octanol–water partition coefficient (Wildman–Crippen LogP) is 2.07. The number of hydrogen-bond donors (Lipinski definition) is 0. The first-order valence-electron chi connectivity index (χ1n) is 5.40. The van der Waals surface area contributed by atoms with Gasteiger partial charge in [-0.15, -0.1) is 0 Å². The number of rotatable bonds is 3. The molecule has 0 radical (unpaired) electrons. The number of carbonyl (C=O) groups excluding carboxylic acids is 1. The molecule has 0 spiro atoms. The van der Waals surface area contributed by atoms with Crippen LogP contribution in [-0.4, -0.2) is 22.0 Å². The second-order valence-corrected chi connectivity index (χ2v) is 3.45. The number of aromatic nitrogens is 2. The van der Waals surface area contributed by atoms with E-state index in [9.17, 15) is 4.79 Å². The van der Waals surface area contributed by atoms with Gasteiger partial charge in [0.15, 0.2) is 0 Å². The van der Waals surface area contributed by atoms with Crippen LogP contribution in [0.4, 0.5) is 0 Å². The first-order chi connectivity index (χ1) is 7.76. The smallest absolute Gasteiger partial charge is 0.355 e. The van der Waals surface area contributed by atoms with E-state index < -0.39 is 0 Å². The first-order valence-corrected chi connectivity index (χ1v) is 5.40. The Morgan fingerprint density at radius 1 is 1.44 bits per heavy atom. The van der Waals surface area contributed by atoms with Gasteiger partial charge in [-0.1, -0.05) is 13.0 Å². The maximum Gasteiger partial charge on any atom is 0.355 e. The van der Waals surface area contributed by atoms with Gasteiger partial charge < -0.3 is 4.74 Å². The summed E-state index contributed by atoms with van der Waals surface area (Å²) >= 11 is 0. The number of nitrogens with zero attached hydrogens (tertiary/aromatic N) is 2. The van der Waals surface area contributed by atoms with Crippen molar-refractivity contribution in [3.05, 3.63) is 35.8 Å². The van der Waals surface area contributed by atoms with Crippen molar-refractivity contribution in [2.24, 2.45) is 0 Å². The summed E-state index contributed by atoms with van der Waals surface area (Å²) in [5.74, 6) is -0.312. The topological polar surface area (TPSA) is 43.6 Å². The van der Waals surface area contributed by atoms with Crippen LogP contribution in [0.15, 0.2) is 24.4 Å². The highest BCUT2D eigenvalue weighted by Gasteiger charge is 2.11. The molecule has 0 unspecified atom stereocenters. The van der Waals surface area contributed by atoms with Crippen molar-refractivity contribution in [3.8, 4) is 0 Å². The largest absolute Gasteiger partial charge is 0.461 e. The number of pyridine rings is 1. The van der Waals surface area contributed by atoms with Gasteiger partial charge in [-0.05, 0) is 25.5 Å². The van der Waals surface area contributed by atoms with Crippen LogP contribution < -0.4 is 0 Å². The molecular formula is C12H14N2O2. The van der Waals surface area contributed by atoms with E-state index in [1.165, 1.54) is 0 Å². The van der Waals surface area contributed by atoms with E-state index in [0.29, 0.717) is 12.3 Å². The minimum absolute atomic E-state index is 0.312. The zero-order valence-electron chi connectivity index (χ0n) is 9.43. The van der Waals surface area contributed by atoms with Crippen LogP contribution in [0.25, 0.3) is 5.65 Å². The fraction of sp³-hybridized carbons (Fsp3) is 0.333. The highest BCUT2D eigenvalue weighted by Crippen LogP contribution is 2.10. The summed E-state index contributed by atoms with van der Waals surface area (Å²) in [5.41, 5.74) is 2.27. The Morgan fingerprint density at radius 3 is 2.94 bits per heavy atom. The predicted molar refractivity (Wildman–Crippen MR) is 60.5 cm³/mol. The van der Waals surface area contributed by atoms with Gasteiger partial charge in [0.1, 0.15) is 11.3 Å². The molecule has 0 amide bonds. The van der Waals surface area contributed by atoms with Crippen molar-refractivity contribution in [1.29, 1.82) is 0 Å². The third-order valence-electron chi connectivity index (χ3n) is 2.39. The summed E-state index contributed by atoms with van der Waals surface area (Å²) in [7, 11) is 0. The molecule has 0 N–H and O–H groups in total. The molecule has 0 aromatic carbocycles. The fourth-order valence-corrected chi connectivity index (χ4v) is 1.60. The molecule has 2 heterocycles. The number of carbonyl (C=O) groups is 1. The standard InChI is InChI=1S/C12H14N2O2/c1-3-9-8-14-10(12(15)16-4-2)6-5-7-11(14)13-9/h5-8H,3-4H2,1-2H3. The lowest BCUT2D eigenvalue weighted by atomic mass is 10.3. The van der Waals surface area contributed by atoms with Crippen LogP contribution in [0.5, 0.6) is 0 Å². The van der Waals surface area contributed by atoms with E-state index in [4.69, 9.17) is 4.74 Å². The fourth-order valence-electron chi connectivity index (χ4n) is 1.60. The molecule has 0 bridgehead atoms. The molecule has 16 heavy (non-hydrogen) atoms. The molecule has 0 saturated carbocycles. The Bertz CT molecular complexity index is 517. The molecule has 2 aromatic rings. The number of aryl methyl sites for hydroxylation is 1. The average Bonchev–Trinajstić information content (AvgIpc) is 2.71. The lowest BCUT2D eigenvalue weighted by Crippen LogP contribution is -2.09. The van der Waals surface area contributed by atoms with E-state index in [1.54, 1.807) is 17.4 Å². The molecule has 2 rings (SSSR count). The zero-order chi connectivity index (χ0) is 11.5. The van der Waals surface area contributed by atoms with E-state index in [1.807, 2.05) is 25.3 Å². The van der Waals surface area contributed by atoms with E-state index in [2.05, 4.69) is 4.98 Å². The Kier molecular flexibility index (Phi) is 2.90. The van der Waals surface area contributed by atoms with Gasteiger partial charge in [-0.2, -0.15) is 0 Å². The van der Waals surface area contributed by atoms with Crippen molar-refractivity contribution < 1.29 is 9.53 Å². The van der Waals surface area contributed by atoms with Gasteiger partial charge in [0.05, 0.1) is 12.3 Å². The maximum atomic E-state index is 11.7. The molecule has 2 aromatic heterocycles. The van der Waals surface area contributed by atoms with Crippen LogP contribution in [0.1, 0.15) is 30.0 Å². The zero-order valence-corrected chi connectivity index (χ0v) is 9.43. The van der Waals surface area contributed by atoms with E-state index in [0.717, 1.165) is 17.8 Å². The molecule has 0 saturated heterocycles. The van der Waals surface area contributed by atoms with Gasteiger partial charge in [-0.3, -0.25) is 4.40 Å². The van der Waals surface area contributed by atoms with Gasteiger partial charge in [0.2, 0.25) is 0 Å². The van der Waals surface area contributed by atoms with Crippen LogP contribution in [0.2, 0.25) is 0 Å². The number of ether oxygens (including phenoxy) is 1. The SMILES string of the molecule is CCOC(=O)c1cccc2nc(CC)cn12. The second-order valence-electron chi connectivity index (χ2n) is 3.45. The maximum absolute atomic E-state index is 11.7. The lowest BCUT2D eigenvalue weighted by molar-refractivity contribution is 0.0517. The summed E-state index contributed by atoms with van der Waals surface area (Å²) in [4.78, 5) is 16.1. The molecular weight excluding hydrogens is 204 g/mol. The summed E-state index contributed by atoms with van der Waals surface area (Å²) in [6.07, 6.45) is 2.73. The van der Waals surface area contributed by atoms with E-state index >= 15 is 0 Å². The molecule has 0 fully saturated rings. The third-order valence-corrected chi connectivity index (χ3v) is 2.39. The molecule has 4 heteroatoms. The summed E-state index contributed by atoms with van der Waals surface area (Å²) in [6.45, 7) is 4.21. The van der Waals surface area contributed by atoms with Crippen LogP contribution in [0.3, 0.4) is 0 Å². The highest BCUT2D eigenvalue weighted by atomic mass is 16.5. The Morgan fingerprint density at radius 2 is 2.25 bits per heavy atom. The molecule has 84 valence electrons. The second kappa shape index (κ2) is 4.35. The van der Waals surface area contributed by atoms with Crippen LogP contribution in [0, 0.1) is 0 Å². The molecule has 0 aliphatic rings. The van der Waals surface area contributed by atoms with Crippen molar-refractivity contribution in [3.63, 3.8) is 0 Å². The van der Waals surface area contributed by atoms with Crippen molar-refractivity contribution >= 4 is 11.6 Å². The molecule has 0 aliphatic heterocycles. The monoisotopic (exact) mass is 218 g/mol. The van der Waals surface area contributed by atoms with Crippen molar-refractivity contribution in [2.75, 3.05) is 6.61 Å². The Hall–Kier alpha value is -1.84. The van der Waals surface area contributed by atoms with Crippen molar-refractivity contribution in [1.82, 2.24) is 9.38 Å². The third kappa shape index (κ3) is 1.78. The first kappa shape index (κ1) is 10.7. The lowest BCUT2D eigenvalue weighted by Gasteiger charge is -2.03. The molecule has 4 nitrogen and oxygen atoms in total. The van der Waals surface area contributed by atoms with Gasteiger partial charge in [0, 0.05) is 6.20 Å². The number of fused-ring (bicyclic) bond motifs is 1. The summed E-state index contributed by atoms with van der Waals surface area (Å²) in [5, 5.41) is 0. The normalized spacial score (nSPS) is 10.6. The molecule has 0 atom stereocenters. The number of imidazole rings is 1. The molecule has 0 aliphatic carbocycles. The van der Waals surface area contributed by atoms with Crippen molar-refractivity contribution in [2.45, 2.75) is 20.3 Å². The minimum Gasteiger partial charge on any atom is -0.461 e.